The summed E-state index contributed by atoms with van der Waals surface area (Å²) in [6.45, 7) is 3.07. The number of nitrogens with zero attached hydrogens (tertiary/aromatic N) is 4. The van der Waals surface area contributed by atoms with Gasteiger partial charge in [-0.05, 0) is 42.8 Å². The van der Waals surface area contributed by atoms with Gasteiger partial charge in [-0.25, -0.2) is 9.97 Å². The van der Waals surface area contributed by atoms with Crippen LogP contribution in [0.3, 0.4) is 0 Å². The predicted octanol–water partition coefficient (Wildman–Crippen LogP) is 3.15. The van der Waals surface area contributed by atoms with Crippen LogP contribution in [0.15, 0.2) is 67.1 Å². The molecule has 0 bridgehead atoms. The van der Waals surface area contributed by atoms with Crippen molar-refractivity contribution in [2.75, 3.05) is 16.8 Å². The molecule has 0 fully saturated rings. The lowest BCUT2D eigenvalue weighted by Crippen LogP contribution is -2.31. The number of amides is 1. The number of anilines is 2. The summed E-state index contributed by atoms with van der Waals surface area (Å²) in [4.78, 5) is 27.0. The summed E-state index contributed by atoms with van der Waals surface area (Å²) in [6.07, 6.45) is 5.06. The van der Waals surface area contributed by atoms with Crippen molar-refractivity contribution in [3.63, 3.8) is 0 Å². The number of carbonyl (C=O) groups excluding carboxylic acids is 1. The van der Waals surface area contributed by atoms with Gasteiger partial charge in [-0.2, -0.15) is 0 Å². The Kier molecular flexibility index (Phi) is 5.31. The molecule has 1 N–H and O–H groups in total. The van der Waals surface area contributed by atoms with Gasteiger partial charge in [-0.3, -0.25) is 9.78 Å². The summed E-state index contributed by atoms with van der Waals surface area (Å²) in [5, 5.41) is 3.13. The van der Waals surface area contributed by atoms with E-state index in [2.05, 4.69) is 20.3 Å². The number of aromatic nitrogens is 3. The van der Waals surface area contributed by atoms with Crippen molar-refractivity contribution in [1.82, 2.24) is 15.0 Å². The fourth-order valence-corrected chi connectivity index (χ4v) is 2.43. The highest BCUT2D eigenvalue weighted by Gasteiger charge is 2.17. The lowest BCUT2D eigenvalue weighted by atomic mass is 10.2. The molecule has 0 aliphatic heterocycles. The maximum absolute atomic E-state index is 12.8. The third-order valence-corrected chi connectivity index (χ3v) is 3.70. The molecule has 2 heterocycles. The predicted molar refractivity (Wildman–Crippen MR) is 97.4 cm³/mol. The van der Waals surface area contributed by atoms with Crippen LogP contribution in [0.2, 0.25) is 0 Å². The maximum Gasteiger partial charge on any atom is 0.277 e. The first-order chi connectivity index (χ1) is 12.3. The molecule has 3 aromatic rings. The number of hydrogen-bond acceptors (Lipinski definition) is 5. The van der Waals surface area contributed by atoms with Gasteiger partial charge in [0.25, 0.3) is 5.91 Å². The molecule has 0 saturated heterocycles. The highest BCUT2D eigenvalue weighted by Crippen LogP contribution is 2.16. The molecule has 0 saturated carbocycles. The third-order valence-electron chi connectivity index (χ3n) is 3.70. The van der Waals surface area contributed by atoms with E-state index in [0.717, 1.165) is 11.3 Å². The van der Waals surface area contributed by atoms with Crippen LogP contribution in [0.25, 0.3) is 0 Å². The highest BCUT2D eigenvalue weighted by molar-refractivity contribution is 6.04. The molecule has 0 atom stereocenters. The van der Waals surface area contributed by atoms with Crippen molar-refractivity contribution >= 4 is 17.5 Å². The van der Waals surface area contributed by atoms with Crippen LogP contribution in [-0.2, 0) is 6.54 Å². The third kappa shape index (κ3) is 4.17. The minimum absolute atomic E-state index is 0.150. The second kappa shape index (κ2) is 8.01. The number of hydrogen-bond donors (Lipinski definition) is 1. The molecule has 126 valence electrons. The summed E-state index contributed by atoms with van der Waals surface area (Å²) in [6, 6.07) is 15.0. The molecule has 6 heteroatoms. The zero-order chi connectivity index (χ0) is 17.5. The summed E-state index contributed by atoms with van der Waals surface area (Å²) < 4.78 is 0. The first-order valence-electron chi connectivity index (χ1n) is 8.10. The fourth-order valence-electron chi connectivity index (χ4n) is 2.43. The van der Waals surface area contributed by atoms with E-state index in [1.165, 1.54) is 0 Å². The second-order valence-electron chi connectivity index (χ2n) is 5.36. The van der Waals surface area contributed by atoms with Gasteiger partial charge in [0.2, 0.25) is 5.95 Å². The van der Waals surface area contributed by atoms with Crippen LogP contribution in [-0.4, -0.2) is 27.4 Å². The molecule has 0 unspecified atom stereocenters. The Bertz CT molecular complexity index is 823. The van der Waals surface area contributed by atoms with Gasteiger partial charge in [0.05, 0.1) is 0 Å². The van der Waals surface area contributed by atoms with Crippen molar-refractivity contribution in [1.29, 1.82) is 0 Å². The smallest absolute Gasteiger partial charge is 0.277 e. The zero-order valence-electron chi connectivity index (χ0n) is 14.0. The lowest BCUT2D eigenvalue weighted by Gasteiger charge is -2.20. The molecule has 2 aromatic heterocycles. The minimum Gasteiger partial charge on any atom is -0.350 e. The standard InChI is InChI=1S/C19H19N5O/c1-2-24(16-6-4-3-5-7-16)18(25)17-10-13-21-19(23-17)22-14-15-8-11-20-12-9-15/h3-13H,2,14H2,1H3,(H,21,22,23). The fraction of sp³-hybridized carbons (Fsp3) is 0.158. The molecule has 6 nitrogen and oxygen atoms in total. The maximum atomic E-state index is 12.8. The van der Waals surface area contributed by atoms with Crippen LogP contribution in [0, 0.1) is 0 Å². The number of para-hydroxylation sites is 1. The summed E-state index contributed by atoms with van der Waals surface area (Å²) >= 11 is 0. The molecule has 0 aliphatic rings. The monoisotopic (exact) mass is 333 g/mol. The normalized spacial score (nSPS) is 10.3. The van der Waals surface area contributed by atoms with E-state index in [4.69, 9.17) is 0 Å². The zero-order valence-corrected chi connectivity index (χ0v) is 14.0. The van der Waals surface area contributed by atoms with Crippen molar-refractivity contribution < 1.29 is 4.79 Å². The number of benzene rings is 1. The lowest BCUT2D eigenvalue weighted by molar-refractivity contribution is 0.0983. The Morgan fingerprint density at radius 1 is 1.04 bits per heavy atom. The quantitative estimate of drug-likeness (QED) is 0.750. The second-order valence-corrected chi connectivity index (χ2v) is 5.36. The Morgan fingerprint density at radius 2 is 1.80 bits per heavy atom. The van der Waals surface area contributed by atoms with Gasteiger partial charge < -0.3 is 10.2 Å². The SMILES string of the molecule is CCN(C(=O)c1ccnc(NCc2ccncc2)n1)c1ccccc1. The first kappa shape index (κ1) is 16.6. The Morgan fingerprint density at radius 3 is 2.52 bits per heavy atom. The van der Waals surface area contributed by atoms with E-state index in [1.807, 2.05) is 49.4 Å². The Labute approximate surface area is 146 Å². The van der Waals surface area contributed by atoms with Gasteiger partial charge in [0.1, 0.15) is 5.69 Å². The molecule has 0 radical (unpaired) electrons. The van der Waals surface area contributed by atoms with E-state index < -0.39 is 0 Å². The molecule has 1 aromatic carbocycles. The Balaban J connectivity index is 1.75. The molecule has 3 rings (SSSR count). The molecular formula is C19H19N5O. The van der Waals surface area contributed by atoms with Crippen molar-refractivity contribution in [3.8, 4) is 0 Å². The van der Waals surface area contributed by atoms with Crippen LogP contribution >= 0.6 is 0 Å². The van der Waals surface area contributed by atoms with Gasteiger partial charge in [-0.1, -0.05) is 18.2 Å². The average molecular weight is 333 g/mol. The van der Waals surface area contributed by atoms with E-state index >= 15 is 0 Å². The molecule has 25 heavy (non-hydrogen) atoms. The largest absolute Gasteiger partial charge is 0.350 e. The van der Waals surface area contributed by atoms with Crippen molar-refractivity contribution in [2.45, 2.75) is 13.5 Å². The summed E-state index contributed by atoms with van der Waals surface area (Å²) in [5.41, 5.74) is 2.27. The summed E-state index contributed by atoms with van der Waals surface area (Å²) in [7, 11) is 0. The van der Waals surface area contributed by atoms with Crippen LogP contribution in [0.5, 0.6) is 0 Å². The Hall–Kier alpha value is -3.28. The van der Waals surface area contributed by atoms with Gasteiger partial charge in [0.15, 0.2) is 0 Å². The van der Waals surface area contributed by atoms with Crippen molar-refractivity contribution in [2.24, 2.45) is 0 Å². The van der Waals surface area contributed by atoms with Gasteiger partial charge >= 0.3 is 0 Å². The molecule has 0 spiro atoms. The number of carbonyl (C=O) groups is 1. The van der Waals surface area contributed by atoms with Gasteiger partial charge in [-0.15, -0.1) is 0 Å². The summed E-state index contributed by atoms with van der Waals surface area (Å²) in [5.74, 6) is 0.273. The van der Waals surface area contributed by atoms with Crippen molar-refractivity contribution in [3.05, 3.63) is 78.4 Å². The molecule has 1 amide bonds. The number of nitrogens with one attached hydrogen (secondary N) is 1. The minimum atomic E-state index is -0.150. The average Bonchev–Trinajstić information content (AvgIpc) is 2.69. The van der Waals surface area contributed by atoms with E-state index in [9.17, 15) is 4.79 Å². The molecule has 0 aliphatic carbocycles. The first-order valence-corrected chi connectivity index (χ1v) is 8.10. The van der Waals surface area contributed by atoms with Crippen LogP contribution < -0.4 is 10.2 Å². The van der Waals surface area contributed by atoms with Crippen LogP contribution in [0.4, 0.5) is 11.6 Å². The number of rotatable bonds is 6. The van der Waals surface area contributed by atoms with E-state index in [-0.39, 0.29) is 5.91 Å². The highest BCUT2D eigenvalue weighted by atomic mass is 16.2. The molecular weight excluding hydrogens is 314 g/mol. The number of pyridine rings is 1. The topological polar surface area (TPSA) is 71.0 Å². The van der Waals surface area contributed by atoms with E-state index in [1.54, 1.807) is 29.6 Å². The van der Waals surface area contributed by atoms with E-state index in [0.29, 0.717) is 24.7 Å². The van der Waals surface area contributed by atoms with Crippen LogP contribution in [0.1, 0.15) is 23.0 Å². The van der Waals surface area contributed by atoms with Gasteiger partial charge in [0, 0.05) is 37.4 Å².